The molecular formula is C11H7FN2O. The quantitative estimate of drug-likeness (QED) is 0.700. The Labute approximate surface area is 86.4 Å². The van der Waals surface area contributed by atoms with E-state index in [1.54, 1.807) is 12.1 Å². The molecule has 0 saturated heterocycles. The van der Waals surface area contributed by atoms with Crippen molar-refractivity contribution in [2.75, 3.05) is 0 Å². The number of hydrogen-bond donors (Lipinski definition) is 0. The lowest BCUT2D eigenvalue weighted by molar-refractivity contribution is -0.108. The molecule has 0 saturated carbocycles. The lowest BCUT2D eigenvalue weighted by atomic mass is 9.80. The van der Waals surface area contributed by atoms with Gasteiger partial charge in [-0.1, -0.05) is 18.2 Å². The maximum absolute atomic E-state index is 13.4. The minimum absolute atomic E-state index is 0.0536. The highest BCUT2D eigenvalue weighted by molar-refractivity contribution is 5.58. The van der Waals surface area contributed by atoms with Gasteiger partial charge in [0.25, 0.3) is 0 Å². The summed E-state index contributed by atoms with van der Waals surface area (Å²) in [7, 11) is 0. The van der Waals surface area contributed by atoms with Crippen LogP contribution in [0.3, 0.4) is 0 Å². The molecular weight excluding hydrogens is 195 g/mol. The number of benzene rings is 1. The summed E-state index contributed by atoms with van der Waals surface area (Å²) in [5, 5.41) is 17.8. The fraction of sp³-hybridized carbons (Fsp3) is 0.182. The Balaban J connectivity index is 3.35. The third kappa shape index (κ3) is 1.84. The highest BCUT2D eigenvalue weighted by Gasteiger charge is 2.34. The molecule has 0 aromatic heterocycles. The van der Waals surface area contributed by atoms with Crippen LogP contribution in [0.1, 0.15) is 12.0 Å². The molecule has 0 fully saturated rings. The smallest absolute Gasteiger partial charge is 0.178 e. The van der Waals surface area contributed by atoms with Gasteiger partial charge < -0.3 is 4.79 Å². The van der Waals surface area contributed by atoms with E-state index in [1.165, 1.54) is 18.2 Å². The molecule has 3 nitrogen and oxygen atoms in total. The topological polar surface area (TPSA) is 64.7 Å². The summed E-state index contributed by atoms with van der Waals surface area (Å²) in [4.78, 5) is 10.4. The van der Waals surface area contributed by atoms with Crippen LogP contribution >= 0.6 is 0 Å². The van der Waals surface area contributed by atoms with Gasteiger partial charge in [-0.25, -0.2) is 4.39 Å². The summed E-state index contributed by atoms with van der Waals surface area (Å²) in [6.07, 6.45) is 0.111. The first-order valence-electron chi connectivity index (χ1n) is 4.21. The van der Waals surface area contributed by atoms with Crippen molar-refractivity contribution in [3.63, 3.8) is 0 Å². The van der Waals surface area contributed by atoms with E-state index in [2.05, 4.69) is 0 Å². The normalized spacial score (nSPS) is 10.1. The summed E-state index contributed by atoms with van der Waals surface area (Å²) in [5.41, 5.74) is -1.77. The van der Waals surface area contributed by atoms with Gasteiger partial charge in [-0.2, -0.15) is 10.5 Å². The molecule has 0 radical (unpaired) electrons. The first-order valence-corrected chi connectivity index (χ1v) is 4.21. The number of carbonyl (C=O) groups excluding carboxylic acids is 1. The lowest BCUT2D eigenvalue weighted by Crippen LogP contribution is -2.23. The van der Waals surface area contributed by atoms with E-state index in [1.807, 2.05) is 0 Å². The van der Waals surface area contributed by atoms with Crippen molar-refractivity contribution in [3.8, 4) is 12.1 Å². The van der Waals surface area contributed by atoms with Gasteiger partial charge in [-0.05, 0) is 6.07 Å². The Bertz CT molecular complexity index is 442. The van der Waals surface area contributed by atoms with Crippen molar-refractivity contribution >= 4 is 6.29 Å². The molecule has 0 aliphatic rings. The Morgan fingerprint density at radius 3 is 2.40 bits per heavy atom. The van der Waals surface area contributed by atoms with Crippen LogP contribution in [0.4, 0.5) is 4.39 Å². The fourth-order valence-corrected chi connectivity index (χ4v) is 1.28. The molecule has 0 spiro atoms. The standard InChI is InChI=1S/C11H7FN2O/c12-10-4-2-1-3-9(10)11(7-13,8-14)5-6-15/h1-4,6H,5H2. The Morgan fingerprint density at radius 1 is 1.33 bits per heavy atom. The first kappa shape index (κ1) is 10.9. The number of aldehydes is 1. The second-order valence-electron chi connectivity index (χ2n) is 2.98. The third-order valence-electron chi connectivity index (χ3n) is 2.10. The molecule has 0 N–H and O–H groups in total. The lowest BCUT2D eigenvalue weighted by Gasteiger charge is -2.16. The molecule has 0 amide bonds. The van der Waals surface area contributed by atoms with Gasteiger partial charge in [0.1, 0.15) is 12.1 Å². The van der Waals surface area contributed by atoms with Crippen molar-refractivity contribution < 1.29 is 9.18 Å². The van der Waals surface area contributed by atoms with E-state index in [0.29, 0.717) is 6.29 Å². The predicted molar refractivity (Wildman–Crippen MR) is 50.0 cm³/mol. The first-order chi connectivity index (χ1) is 7.20. The SMILES string of the molecule is N#CC(C#N)(CC=O)c1ccccc1F. The highest BCUT2D eigenvalue weighted by atomic mass is 19.1. The van der Waals surface area contributed by atoms with Crippen LogP contribution in [0.5, 0.6) is 0 Å². The number of nitrogens with zero attached hydrogens (tertiary/aromatic N) is 2. The molecule has 0 aliphatic heterocycles. The summed E-state index contributed by atoms with van der Waals surface area (Å²) in [5.74, 6) is -0.651. The van der Waals surface area contributed by atoms with E-state index >= 15 is 0 Å². The molecule has 4 heteroatoms. The minimum atomic E-state index is -1.72. The zero-order valence-electron chi connectivity index (χ0n) is 7.77. The zero-order chi connectivity index (χ0) is 11.3. The number of halogens is 1. The van der Waals surface area contributed by atoms with Crippen LogP contribution in [0, 0.1) is 28.5 Å². The van der Waals surface area contributed by atoms with E-state index in [9.17, 15) is 9.18 Å². The maximum Gasteiger partial charge on any atom is 0.178 e. The monoisotopic (exact) mass is 202 g/mol. The van der Waals surface area contributed by atoms with Crippen LogP contribution in [-0.2, 0) is 10.2 Å². The number of nitriles is 2. The third-order valence-corrected chi connectivity index (χ3v) is 2.10. The second kappa shape index (κ2) is 4.34. The highest BCUT2D eigenvalue weighted by Crippen LogP contribution is 2.27. The Morgan fingerprint density at radius 2 is 1.93 bits per heavy atom. The van der Waals surface area contributed by atoms with E-state index in [-0.39, 0.29) is 12.0 Å². The summed E-state index contributed by atoms with van der Waals surface area (Å²) in [6, 6.07) is 8.85. The van der Waals surface area contributed by atoms with Gasteiger partial charge in [-0.3, -0.25) is 0 Å². The molecule has 0 unspecified atom stereocenters. The molecule has 1 aromatic rings. The van der Waals surface area contributed by atoms with Gasteiger partial charge in [0.15, 0.2) is 5.41 Å². The molecule has 1 rings (SSSR count). The summed E-state index contributed by atoms with van der Waals surface area (Å²) < 4.78 is 13.4. The van der Waals surface area contributed by atoms with Crippen LogP contribution in [0.25, 0.3) is 0 Å². The Hall–Kier alpha value is -2.20. The zero-order valence-corrected chi connectivity index (χ0v) is 7.77. The van der Waals surface area contributed by atoms with Gasteiger partial charge in [0, 0.05) is 12.0 Å². The molecule has 1 aromatic carbocycles. The van der Waals surface area contributed by atoms with Crippen molar-refractivity contribution in [1.29, 1.82) is 10.5 Å². The molecule has 0 heterocycles. The Kier molecular flexibility index (Phi) is 3.15. The van der Waals surface area contributed by atoms with Crippen LogP contribution in [0.2, 0.25) is 0 Å². The predicted octanol–water partition coefficient (Wildman–Crippen LogP) is 1.70. The van der Waals surface area contributed by atoms with E-state index in [0.717, 1.165) is 6.07 Å². The average Bonchev–Trinajstić information content (AvgIpc) is 2.27. The van der Waals surface area contributed by atoms with Gasteiger partial charge >= 0.3 is 0 Å². The van der Waals surface area contributed by atoms with Crippen molar-refractivity contribution in [3.05, 3.63) is 35.6 Å². The fourth-order valence-electron chi connectivity index (χ4n) is 1.28. The number of rotatable bonds is 3. The number of hydrogen-bond acceptors (Lipinski definition) is 3. The van der Waals surface area contributed by atoms with Crippen molar-refractivity contribution in [2.45, 2.75) is 11.8 Å². The van der Waals surface area contributed by atoms with Crippen molar-refractivity contribution in [1.82, 2.24) is 0 Å². The average molecular weight is 202 g/mol. The van der Waals surface area contributed by atoms with Gasteiger partial charge in [0.2, 0.25) is 0 Å². The van der Waals surface area contributed by atoms with Crippen molar-refractivity contribution in [2.24, 2.45) is 0 Å². The van der Waals surface area contributed by atoms with E-state index < -0.39 is 11.2 Å². The maximum atomic E-state index is 13.4. The second-order valence-corrected chi connectivity index (χ2v) is 2.98. The van der Waals surface area contributed by atoms with Crippen LogP contribution in [-0.4, -0.2) is 6.29 Å². The molecule has 74 valence electrons. The molecule has 0 bridgehead atoms. The van der Waals surface area contributed by atoms with Crippen LogP contribution in [0.15, 0.2) is 24.3 Å². The van der Waals surface area contributed by atoms with E-state index in [4.69, 9.17) is 10.5 Å². The molecule has 0 atom stereocenters. The largest absolute Gasteiger partial charge is 0.303 e. The minimum Gasteiger partial charge on any atom is -0.303 e. The summed E-state index contributed by atoms with van der Waals surface area (Å²) in [6.45, 7) is 0. The van der Waals surface area contributed by atoms with Gasteiger partial charge in [0.05, 0.1) is 12.1 Å². The summed E-state index contributed by atoms with van der Waals surface area (Å²) >= 11 is 0. The molecule has 15 heavy (non-hydrogen) atoms. The van der Waals surface area contributed by atoms with Gasteiger partial charge in [-0.15, -0.1) is 0 Å². The van der Waals surface area contributed by atoms with Crippen LogP contribution < -0.4 is 0 Å². The molecule has 0 aliphatic carbocycles. The number of carbonyl (C=O) groups is 1.